The number of benzene rings is 2. The highest BCUT2D eigenvalue weighted by Crippen LogP contribution is 2.11. The number of hydrogen-bond donors (Lipinski definition) is 2. The standard InChI is InChI=1S/C16H20N2O2S/c17-12-10-15-6-8-16(9-7-15)21(19,20)18-13-11-14-4-2-1-3-5-14/h1-9,18H,10-13,17H2. The zero-order valence-electron chi connectivity index (χ0n) is 11.8. The Labute approximate surface area is 126 Å². The van der Waals surface area contributed by atoms with E-state index in [4.69, 9.17) is 5.73 Å². The molecule has 0 aliphatic rings. The van der Waals surface area contributed by atoms with Gasteiger partial charge in [0, 0.05) is 6.54 Å². The van der Waals surface area contributed by atoms with Gasteiger partial charge in [-0.1, -0.05) is 42.5 Å². The molecule has 112 valence electrons. The first kappa shape index (κ1) is 15.7. The van der Waals surface area contributed by atoms with Crippen LogP contribution in [0.1, 0.15) is 11.1 Å². The van der Waals surface area contributed by atoms with Gasteiger partial charge in [-0.2, -0.15) is 0 Å². The highest BCUT2D eigenvalue weighted by atomic mass is 32.2. The van der Waals surface area contributed by atoms with Gasteiger partial charge in [0.15, 0.2) is 0 Å². The van der Waals surface area contributed by atoms with Crippen LogP contribution in [0.25, 0.3) is 0 Å². The number of rotatable bonds is 7. The Morgan fingerprint density at radius 3 is 2.10 bits per heavy atom. The fraction of sp³-hybridized carbons (Fsp3) is 0.250. The normalized spacial score (nSPS) is 11.5. The molecule has 2 aromatic carbocycles. The molecule has 21 heavy (non-hydrogen) atoms. The first-order valence-electron chi connectivity index (χ1n) is 6.94. The Morgan fingerprint density at radius 2 is 1.48 bits per heavy atom. The van der Waals surface area contributed by atoms with Crippen LogP contribution in [0.4, 0.5) is 0 Å². The van der Waals surface area contributed by atoms with Gasteiger partial charge in [0.2, 0.25) is 10.0 Å². The van der Waals surface area contributed by atoms with Gasteiger partial charge in [-0.3, -0.25) is 0 Å². The second-order valence-corrected chi connectivity index (χ2v) is 6.58. The van der Waals surface area contributed by atoms with Gasteiger partial charge < -0.3 is 5.73 Å². The van der Waals surface area contributed by atoms with Crippen LogP contribution in [0.3, 0.4) is 0 Å². The minimum Gasteiger partial charge on any atom is -0.330 e. The lowest BCUT2D eigenvalue weighted by molar-refractivity contribution is 0.581. The van der Waals surface area contributed by atoms with Gasteiger partial charge in [-0.15, -0.1) is 0 Å². The van der Waals surface area contributed by atoms with Crippen LogP contribution in [0.5, 0.6) is 0 Å². The Morgan fingerprint density at radius 1 is 0.857 bits per heavy atom. The van der Waals surface area contributed by atoms with E-state index in [9.17, 15) is 8.42 Å². The second kappa shape index (κ2) is 7.36. The van der Waals surface area contributed by atoms with Crippen molar-refractivity contribution in [3.63, 3.8) is 0 Å². The van der Waals surface area contributed by atoms with Crippen molar-refractivity contribution in [2.45, 2.75) is 17.7 Å². The quantitative estimate of drug-likeness (QED) is 0.818. The molecule has 0 unspecified atom stereocenters. The number of nitrogens with one attached hydrogen (secondary N) is 1. The first-order chi connectivity index (χ1) is 10.1. The van der Waals surface area contributed by atoms with Gasteiger partial charge in [0.05, 0.1) is 4.90 Å². The predicted octanol–water partition coefficient (Wildman–Crippen LogP) is 1.71. The molecule has 0 radical (unpaired) electrons. The molecule has 0 fully saturated rings. The molecule has 0 aliphatic carbocycles. The minimum atomic E-state index is -3.44. The number of hydrogen-bond acceptors (Lipinski definition) is 3. The van der Waals surface area contributed by atoms with Crippen LogP contribution >= 0.6 is 0 Å². The lowest BCUT2D eigenvalue weighted by Gasteiger charge is -2.07. The van der Waals surface area contributed by atoms with Crippen LogP contribution < -0.4 is 10.5 Å². The molecule has 0 aliphatic heterocycles. The van der Waals surface area contributed by atoms with E-state index in [0.717, 1.165) is 17.5 Å². The van der Waals surface area contributed by atoms with Crippen LogP contribution in [-0.4, -0.2) is 21.5 Å². The average molecular weight is 304 g/mol. The van der Waals surface area contributed by atoms with Crippen LogP contribution in [-0.2, 0) is 22.9 Å². The molecule has 0 saturated carbocycles. The molecule has 0 heterocycles. The Balaban J connectivity index is 1.95. The van der Waals surface area contributed by atoms with Crippen LogP contribution in [0, 0.1) is 0 Å². The lowest BCUT2D eigenvalue weighted by Crippen LogP contribution is -2.26. The fourth-order valence-corrected chi connectivity index (χ4v) is 3.09. The van der Waals surface area contributed by atoms with Gasteiger partial charge in [0.25, 0.3) is 0 Å². The summed E-state index contributed by atoms with van der Waals surface area (Å²) < 4.78 is 26.9. The molecular formula is C16H20N2O2S. The van der Waals surface area contributed by atoms with E-state index < -0.39 is 10.0 Å². The SMILES string of the molecule is NCCc1ccc(S(=O)(=O)NCCc2ccccc2)cc1. The largest absolute Gasteiger partial charge is 0.330 e. The first-order valence-corrected chi connectivity index (χ1v) is 8.43. The molecule has 0 amide bonds. The third kappa shape index (κ3) is 4.67. The summed E-state index contributed by atoms with van der Waals surface area (Å²) in [5, 5.41) is 0. The molecule has 0 bridgehead atoms. The third-order valence-corrected chi connectivity index (χ3v) is 4.69. The van der Waals surface area contributed by atoms with Crippen molar-refractivity contribution in [2.24, 2.45) is 5.73 Å². The minimum absolute atomic E-state index is 0.288. The number of nitrogens with two attached hydrogens (primary N) is 1. The maximum Gasteiger partial charge on any atom is 0.240 e. The predicted molar refractivity (Wildman–Crippen MR) is 84.5 cm³/mol. The van der Waals surface area contributed by atoms with Crippen molar-refractivity contribution >= 4 is 10.0 Å². The number of sulfonamides is 1. The average Bonchev–Trinajstić information content (AvgIpc) is 2.49. The van der Waals surface area contributed by atoms with E-state index in [1.165, 1.54) is 0 Å². The monoisotopic (exact) mass is 304 g/mol. The van der Waals surface area contributed by atoms with Crippen molar-refractivity contribution in [3.05, 3.63) is 65.7 Å². The Hall–Kier alpha value is -1.69. The zero-order valence-corrected chi connectivity index (χ0v) is 12.6. The molecule has 0 spiro atoms. The molecule has 5 heteroatoms. The van der Waals surface area contributed by atoms with Gasteiger partial charge >= 0.3 is 0 Å². The zero-order chi connectivity index (χ0) is 15.1. The summed E-state index contributed by atoms with van der Waals surface area (Å²) in [4.78, 5) is 0.288. The molecule has 0 atom stereocenters. The summed E-state index contributed by atoms with van der Waals surface area (Å²) in [5.74, 6) is 0. The molecule has 4 nitrogen and oxygen atoms in total. The smallest absolute Gasteiger partial charge is 0.240 e. The van der Waals surface area contributed by atoms with E-state index in [0.29, 0.717) is 19.5 Å². The van der Waals surface area contributed by atoms with Gasteiger partial charge in [-0.05, 0) is 42.6 Å². The van der Waals surface area contributed by atoms with E-state index >= 15 is 0 Å². The summed E-state index contributed by atoms with van der Waals surface area (Å²) in [6.07, 6.45) is 1.42. The van der Waals surface area contributed by atoms with E-state index in [-0.39, 0.29) is 4.90 Å². The highest BCUT2D eigenvalue weighted by Gasteiger charge is 2.12. The summed E-state index contributed by atoms with van der Waals surface area (Å²) >= 11 is 0. The fourth-order valence-electron chi connectivity index (χ4n) is 2.06. The maximum atomic E-state index is 12.2. The van der Waals surface area contributed by atoms with Crippen molar-refractivity contribution in [3.8, 4) is 0 Å². The molecule has 0 aromatic heterocycles. The van der Waals surface area contributed by atoms with Crippen molar-refractivity contribution < 1.29 is 8.42 Å². The maximum absolute atomic E-state index is 12.2. The van der Waals surface area contributed by atoms with Crippen LogP contribution in [0.2, 0.25) is 0 Å². The topological polar surface area (TPSA) is 72.2 Å². The molecule has 2 aromatic rings. The van der Waals surface area contributed by atoms with Crippen molar-refractivity contribution in [2.75, 3.05) is 13.1 Å². The van der Waals surface area contributed by atoms with E-state index in [2.05, 4.69) is 4.72 Å². The lowest BCUT2D eigenvalue weighted by atomic mass is 10.2. The summed E-state index contributed by atoms with van der Waals surface area (Å²) in [5.41, 5.74) is 7.63. The third-order valence-electron chi connectivity index (χ3n) is 3.22. The molecular weight excluding hydrogens is 284 g/mol. The molecule has 0 saturated heterocycles. The van der Waals surface area contributed by atoms with Crippen molar-refractivity contribution in [1.29, 1.82) is 0 Å². The Bertz CT molecular complexity index is 652. The summed E-state index contributed by atoms with van der Waals surface area (Å²) in [6, 6.07) is 16.6. The van der Waals surface area contributed by atoms with Crippen molar-refractivity contribution in [1.82, 2.24) is 4.72 Å². The molecule has 3 N–H and O–H groups in total. The van der Waals surface area contributed by atoms with E-state index in [1.54, 1.807) is 24.3 Å². The summed E-state index contributed by atoms with van der Waals surface area (Å²) in [7, 11) is -3.44. The van der Waals surface area contributed by atoms with Gasteiger partial charge in [0.1, 0.15) is 0 Å². The second-order valence-electron chi connectivity index (χ2n) is 4.82. The van der Waals surface area contributed by atoms with Gasteiger partial charge in [-0.25, -0.2) is 13.1 Å². The molecule has 2 rings (SSSR count). The van der Waals surface area contributed by atoms with E-state index in [1.807, 2.05) is 30.3 Å². The highest BCUT2D eigenvalue weighted by molar-refractivity contribution is 7.89. The van der Waals surface area contributed by atoms with Crippen LogP contribution in [0.15, 0.2) is 59.5 Å². The Kier molecular flexibility index (Phi) is 5.50. The summed E-state index contributed by atoms with van der Waals surface area (Å²) in [6.45, 7) is 0.943.